The zero-order chi connectivity index (χ0) is 28.4. The summed E-state index contributed by atoms with van der Waals surface area (Å²) in [5, 5.41) is 27.1. The number of hydrogen-bond acceptors (Lipinski definition) is 11. The zero-order valence-electron chi connectivity index (χ0n) is 22.5. The van der Waals surface area contributed by atoms with Gasteiger partial charge in [0.15, 0.2) is 23.7 Å². The first-order valence-electron chi connectivity index (χ1n) is 13.0. The van der Waals surface area contributed by atoms with Crippen LogP contribution in [0.4, 0.5) is 5.82 Å². The number of ether oxygens (including phenoxy) is 2. The SMILES string of the molecule is COC(=O)C(c1cc(OCC(=O)N2CCC(n3nc(N)c4nnc(-c5ccccc5O)cc43)CC2)no1)C(C)C. The first kappa shape index (κ1) is 26.9. The van der Waals surface area contributed by atoms with Gasteiger partial charge in [0.25, 0.3) is 11.8 Å². The number of carbonyl (C=O) groups is 2. The molecule has 1 amide bonds. The molecule has 1 aromatic carbocycles. The maximum absolute atomic E-state index is 12.9. The highest BCUT2D eigenvalue weighted by molar-refractivity contribution is 5.87. The molecule has 4 aromatic rings. The molecule has 3 N–H and O–H groups in total. The number of phenolic OH excluding ortho intramolecular Hbond substituents is 1. The van der Waals surface area contributed by atoms with Crippen molar-refractivity contribution in [1.82, 2.24) is 30.0 Å². The van der Waals surface area contributed by atoms with Gasteiger partial charge in [0.2, 0.25) is 0 Å². The number of piperidine rings is 1. The number of amides is 1. The van der Waals surface area contributed by atoms with Crippen LogP contribution in [0.1, 0.15) is 44.4 Å². The second kappa shape index (κ2) is 11.2. The number of rotatable bonds is 8. The van der Waals surface area contributed by atoms with Gasteiger partial charge in [-0.3, -0.25) is 14.3 Å². The lowest BCUT2D eigenvalue weighted by Crippen LogP contribution is -2.41. The molecule has 4 heterocycles. The van der Waals surface area contributed by atoms with Crippen LogP contribution < -0.4 is 10.5 Å². The number of esters is 1. The molecule has 1 atom stereocenters. The van der Waals surface area contributed by atoms with E-state index in [0.717, 1.165) is 0 Å². The number of likely N-dealkylation sites (tertiary alicyclic amines) is 1. The fourth-order valence-corrected chi connectivity index (χ4v) is 4.97. The van der Waals surface area contributed by atoms with Crippen LogP contribution in [0.2, 0.25) is 0 Å². The van der Waals surface area contributed by atoms with Gasteiger partial charge in [0.05, 0.1) is 24.4 Å². The predicted molar refractivity (Wildman–Crippen MR) is 143 cm³/mol. The molecule has 1 fully saturated rings. The Morgan fingerprint density at radius 1 is 1.18 bits per heavy atom. The first-order valence-corrected chi connectivity index (χ1v) is 13.0. The average molecular weight is 550 g/mol. The molecular weight excluding hydrogens is 518 g/mol. The van der Waals surface area contributed by atoms with Gasteiger partial charge in [0, 0.05) is 24.7 Å². The number of benzene rings is 1. The molecule has 13 nitrogen and oxygen atoms in total. The topological polar surface area (TPSA) is 172 Å². The van der Waals surface area contributed by atoms with Crippen LogP contribution in [0.15, 0.2) is 40.9 Å². The molecule has 0 aliphatic carbocycles. The lowest BCUT2D eigenvalue weighted by atomic mass is 9.93. The summed E-state index contributed by atoms with van der Waals surface area (Å²) in [7, 11) is 1.32. The van der Waals surface area contributed by atoms with Gasteiger partial charge in [-0.05, 0) is 42.1 Å². The Bertz CT molecular complexity index is 1520. The smallest absolute Gasteiger partial charge is 0.316 e. The number of nitrogens with two attached hydrogens (primary N) is 1. The molecule has 1 aliphatic rings. The maximum Gasteiger partial charge on any atom is 0.316 e. The van der Waals surface area contributed by atoms with Gasteiger partial charge in [-0.2, -0.15) is 5.10 Å². The minimum absolute atomic E-state index is 0.00410. The highest BCUT2D eigenvalue weighted by Gasteiger charge is 2.30. The fourth-order valence-electron chi connectivity index (χ4n) is 4.97. The van der Waals surface area contributed by atoms with Crippen molar-refractivity contribution in [2.24, 2.45) is 5.92 Å². The molecule has 0 spiro atoms. The van der Waals surface area contributed by atoms with Crippen LogP contribution >= 0.6 is 0 Å². The van der Waals surface area contributed by atoms with Crippen molar-refractivity contribution in [2.45, 2.75) is 38.6 Å². The van der Waals surface area contributed by atoms with Crippen LogP contribution in [-0.4, -0.2) is 73.8 Å². The molecule has 5 rings (SSSR count). The van der Waals surface area contributed by atoms with Crippen molar-refractivity contribution in [3.05, 3.63) is 42.2 Å². The van der Waals surface area contributed by atoms with Crippen molar-refractivity contribution in [3.8, 4) is 22.9 Å². The molecule has 1 aliphatic heterocycles. The van der Waals surface area contributed by atoms with Gasteiger partial charge >= 0.3 is 5.97 Å². The molecular formula is C27H31N7O6. The van der Waals surface area contributed by atoms with E-state index in [0.29, 0.717) is 54.0 Å². The molecule has 0 bridgehead atoms. The molecule has 13 heteroatoms. The van der Waals surface area contributed by atoms with E-state index in [4.69, 9.17) is 19.7 Å². The van der Waals surface area contributed by atoms with Crippen LogP contribution in [0.3, 0.4) is 0 Å². The van der Waals surface area contributed by atoms with E-state index in [-0.39, 0.29) is 41.9 Å². The number of aromatic hydroxyl groups is 1. The van der Waals surface area contributed by atoms with E-state index >= 15 is 0 Å². The van der Waals surface area contributed by atoms with Gasteiger partial charge in [-0.15, -0.1) is 10.2 Å². The molecule has 40 heavy (non-hydrogen) atoms. The summed E-state index contributed by atoms with van der Waals surface area (Å²) >= 11 is 0. The molecule has 0 radical (unpaired) electrons. The number of anilines is 1. The quantitative estimate of drug-likeness (QED) is 0.310. The summed E-state index contributed by atoms with van der Waals surface area (Å²) in [6.45, 7) is 4.54. The van der Waals surface area contributed by atoms with Crippen molar-refractivity contribution >= 4 is 28.7 Å². The van der Waals surface area contributed by atoms with Crippen molar-refractivity contribution in [1.29, 1.82) is 0 Å². The second-order valence-corrected chi connectivity index (χ2v) is 10.0. The monoisotopic (exact) mass is 549 g/mol. The number of fused-ring (bicyclic) bond motifs is 1. The van der Waals surface area contributed by atoms with E-state index in [9.17, 15) is 14.7 Å². The Balaban J connectivity index is 1.22. The molecule has 1 unspecified atom stereocenters. The summed E-state index contributed by atoms with van der Waals surface area (Å²) < 4.78 is 17.5. The van der Waals surface area contributed by atoms with E-state index in [1.165, 1.54) is 13.2 Å². The minimum atomic E-state index is -0.613. The van der Waals surface area contributed by atoms with Gasteiger partial charge in [-0.25, -0.2) is 0 Å². The van der Waals surface area contributed by atoms with Crippen LogP contribution in [0.25, 0.3) is 22.3 Å². The van der Waals surface area contributed by atoms with E-state index in [2.05, 4.69) is 20.5 Å². The minimum Gasteiger partial charge on any atom is -0.507 e. The predicted octanol–water partition coefficient (Wildman–Crippen LogP) is 2.92. The van der Waals surface area contributed by atoms with E-state index < -0.39 is 11.9 Å². The number of nitrogens with zero attached hydrogens (tertiary/aromatic N) is 6. The highest BCUT2D eigenvalue weighted by atomic mass is 16.5. The number of methoxy groups -OCH3 is 1. The Labute approximate surface area is 229 Å². The molecule has 3 aromatic heterocycles. The zero-order valence-corrected chi connectivity index (χ0v) is 22.5. The summed E-state index contributed by atoms with van der Waals surface area (Å²) in [5.41, 5.74) is 8.41. The highest BCUT2D eigenvalue weighted by Crippen LogP contribution is 2.33. The number of hydrogen-bond donors (Lipinski definition) is 2. The molecule has 0 saturated carbocycles. The number of aromatic nitrogens is 5. The summed E-state index contributed by atoms with van der Waals surface area (Å²) in [6, 6.07) is 10.2. The summed E-state index contributed by atoms with van der Waals surface area (Å²) in [4.78, 5) is 26.7. The van der Waals surface area contributed by atoms with Crippen molar-refractivity contribution < 1.29 is 28.7 Å². The summed E-state index contributed by atoms with van der Waals surface area (Å²) in [6.07, 6.45) is 1.30. The van der Waals surface area contributed by atoms with E-state index in [1.807, 2.05) is 30.7 Å². The van der Waals surface area contributed by atoms with Gasteiger partial charge in [-0.1, -0.05) is 26.0 Å². The molecule has 1 saturated heterocycles. The number of carbonyl (C=O) groups excluding carboxylic acids is 2. The summed E-state index contributed by atoms with van der Waals surface area (Å²) in [5.74, 6) is -0.455. The largest absolute Gasteiger partial charge is 0.507 e. The Hall–Kier alpha value is -4.68. The third-order valence-electron chi connectivity index (χ3n) is 7.10. The lowest BCUT2D eigenvalue weighted by molar-refractivity contribution is -0.144. The Morgan fingerprint density at radius 3 is 2.62 bits per heavy atom. The second-order valence-electron chi connectivity index (χ2n) is 10.0. The van der Waals surface area contributed by atoms with Crippen LogP contribution in [0.5, 0.6) is 11.6 Å². The van der Waals surface area contributed by atoms with Gasteiger partial charge < -0.3 is 29.7 Å². The molecule has 210 valence electrons. The Morgan fingerprint density at radius 2 is 1.93 bits per heavy atom. The van der Waals surface area contributed by atoms with Crippen LogP contribution in [-0.2, 0) is 14.3 Å². The maximum atomic E-state index is 12.9. The van der Waals surface area contributed by atoms with Crippen LogP contribution in [0, 0.1) is 5.92 Å². The first-order chi connectivity index (χ1) is 19.3. The number of para-hydroxylation sites is 1. The standard InChI is InChI=1S/C27H31N7O6/c1-15(2)24(27(37)38-3)21-13-22(32-40-21)39-14-23(36)33-10-8-16(9-11-33)34-19-12-18(17-6-4-5-7-20(17)35)29-30-25(19)26(28)31-34/h4-7,12-13,15-16,24,35H,8-11,14H2,1-3H3,(H2,28,31). The average Bonchev–Trinajstić information content (AvgIpc) is 3.55. The van der Waals surface area contributed by atoms with Crippen molar-refractivity contribution in [2.75, 3.05) is 32.5 Å². The number of nitrogen functional groups attached to an aromatic ring is 1. The Kier molecular flexibility index (Phi) is 7.54. The normalized spacial score (nSPS) is 14.9. The van der Waals surface area contributed by atoms with E-state index in [1.54, 1.807) is 23.1 Å². The third-order valence-corrected chi connectivity index (χ3v) is 7.10. The van der Waals surface area contributed by atoms with Crippen molar-refractivity contribution in [3.63, 3.8) is 0 Å². The fraction of sp³-hybridized carbons (Fsp3) is 0.407. The third kappa shape index (κ3) is 5.26. The number of phenols is 1. The van der Waals surface area contributed by atoms with Gasteiger partial charge in [0.1, 0.15) is 11.7 Å². The lowest BCUT2D eigenvalue weighted by Gasteiger charge is -2.32.